The molecule has 1 amide bonds. The highest BCUT2D eigenvalue weighted by molar-refractivity contribution is 7.18. The maximum atomic E-state index is 12.2. The monoisotopic (exact) mass is 338 g/mol. The molecule has 1 N–H and O–H groups in total. The zero-order valence-corrected chi connectivity index (χ0v) is 13.7. The lowest BCUT2D eigenvalue weighted by Gasteiger charge is -2.02. The van der Waals surface area contributed by atoms with E-state index in [4.69, 9.17) is 9.47 Å². The summed E-state index contributed by atoms with van der Waals surface area (Å²) in [5.74, 6) is -0.308. The molecule has 0 spiro atoms. The summed E-state index contributed by atoms with van der Waals surface area (Å²) in [5, 5.41) is 4.76. The van der Waals surface area contributed by atoms with Gasteiger partial charge in [0, 0.05) is 0 Å². The smallest absolute Gasteiger partial charge is 0.350 e. The van der Waals surface area contributed by atoms with Gasteiger partial charge in [-0.2, -0.15) is 0 Å². The van der Waals surface area contributed by atoms with Gasteiger partial charge in [0.15, 0.2) is 5.13 Å². The first-order valence-electron chi connectivity index (χ1n) is 6.25. The molecule has 2 aromatic rings. The Labute approximate surface area is 135 Å². The standard InChI is InChI=1S/C14H14N2O4S2/c1-4-6-20-13(18)10-8(2)15-14(22-10)16-12(17)11-9(19-3)5-7-21-11/h4-5,7H,1,6H2,2-3H3,(H,15,16,17). The topological polar surface area (TPSA) is 77.5 Å². The molecule has 0 saturated carbocycles. The first-order valence-corrected chi connectivity index (χ1v) is 7.94. The highest BCUT2D eigenvalue weighted by atomic mass is 32.1. The Hall–Kier alpha value is -2.19. The molecule has 22 heavy (non-hydrogen) atoms. The molecule has 0 aliphatic rings. The van der Waals surface area contributed by atoms with Gasteiger partial charge in [0.2, 0.25) is 0 Å². The summed E-state index contributed by atoms with van der Waals surface area (Å²) in [6.07, 6.45) is 1.49. The van der Waals surface area contributed by atoms with Crippen molar-refractivity contribution >= 4 is 39.7 Å². The molecule has 0 saturated heterocycles. The summed E-state index contributed by atoms with van der Waals surface area (Å²) < 4.78 is 10.1. The van der Waals surface area contributed by atoms with Crippen molar-refractivity contribution in [3.63, 3.8) is 0 Å². The third kappa shape index (κ3) is 3.52. The van der Waals surface area contributed by atoms with Crippen LogP contribution < -0.4 is 10.1 Å². The molecule has 2 aromatic heterocycles. The molecule has 2 rings (SSSR count). The number of hydrogen-bond acceptors (Lipinski definition) is 7. The number of carbonyl (C=O) groups is 2. The minimum absolute atomic E-state index is 0.129. The quantitative estimate of drug-likeness (QED) is 0.647. The van der Waals surface area contributed by atoms with Crippen LogP contribution in [0.15, 0.2) is 24.1 Å². The van der Waals surface area contributed by atoms with Crippen molar-refractivity contribution in [3.05, 3.63) is 39.5 Å². The average Bonchev–Trinajstić information content (AvgIpc) is 3.11. The summed E-state index contributed by atoms with van der Waals surface area (Å²) >= 11 is 2.34. The van der Waals surface area contributed by atoms with Crippen molar-refractivity contribution in [1.29, 1.82) is 0 Å². The molecule has 0 bridgehead atoms. The third-order valence-corrected chi connectivity index (χ3v) is 4.54. The number of esters is 1. The van der Waals surface area contributed by atoms with Crippen LogP contribution in [0.25, 0.3) is 0 Å². The van der Waals surface area contributed by atoms with E-state index in [-0.39, 0.29) is 12.5 Å². The predicted octanol–water partition coefficient (Wildman–Crippen LogP) is 3.12. The molecular weight excluding hydrogens is 324 g/mol. The number of thiazole rings is 1. The molecule has 116 valence electrons. The van der Waals surface area contributed by atoms with Crippen LogP contribution in [0.4, 0.5) is 5.13 Å². The number of nitrogens with one attached hydrogen (secondary N) is 1. The van der Waals surface area contributed by atoms with Crippen molar-refractivity contribution in [1.82, 2.24) is 4.98 Å². The van der Waals surface area contributed by atoms with Crippen LogP contribution in [0.2, 0.25) is 0 Å². The van der Waals surface area contributed by atoms with Crippen LogP contribution in [0.3, 0.4) is 0 Å². The van der Waals surface area contributed by atoms with Gasteiger partial charge in [-0.1, -0.05) is 24.0 Å². The van der Waals surface area contributed by atoms with Gasteiger partial charge in [-0.3, -0.25) is 10.1 Å². The van der Waals surface area contributed by atoms with E-state index in [1.165, 1.54) is 24.5 Å². The van der Waals surface area contributed by atoms with E-state index in [1.807, 2.05) is 0 Å². The molecule has 0 aliphatic carbocycles. The van der Waals surface area contributed by atoms with Gasteiger partial charge in [0.25, 0.3) is 5.91 Å². The Morgan fingerprint density at radius 2 is 2.23 bits per heavy atom. The summed E-state index contributed by atoms with van der Waals surface area (Å²) in [5.41, 5.74) is 0.507. The van der Waals surface area contributed by atoms with Crippen molar-refractivity contribution in [3.8, 4) is 5.75 Å². The molecule has 0 atom stereocenters. The minimum Gasteiger partial charge on any atom is -0.495 e. The lowest BCUT2D eigenvalue weighted by Crippen LogP contribution is -2.10. The van der Waals surface area contributed by atoms with E-state index in [1.54, 1.807) is 18.4 Å². The maximum absolute atomic E-state index is 12.2. The minimum atomic E-state index is -0.482. The summed E-state index contributed by atoms with van der Waals surface area (Å²) in [6.45, 7) is 5.29. The molecule has 0 aromatic carbocycles. The molecule has 0 radical (unpaired) electrons. The van der Waals surface area contributed by atoms with E-state index in [0.29, 0.717) is 26.3 Å². The second-order valence-electron chi connectivity index (χ2n) is 4.09. The van der Waals surface area contributed by atoms with Gasteiger partial charge in [0.05, 0.1) is 12.8 Å². The van der Waals surface area contributed by atoms with E-state index in [0.717, 1.165) is 11.3 Å². The lowest BCUT2D eigenvalue weighted by molar-refractivity contribution is 0.0554. The van der Waals surface area contributed by atoms with Gasteiger partial charge in [0.1, 0.15) is 22.1 Å². The van der Waals surface area contributed by atoms with E-state index >= 15 is 0 Å². The molecule has 0 unspecified atom stereocenters. The van der Waals surface area contributed by atoms with Crippen LogP contribution >= 0.6 is 22.7 Å². The first-order chi connectivity index (χ1) is 10.6. The Bertz CT molecular complexity index is 706. The lowest BCUT2D eigenvalue weighted by atomic mass is 10.4. The van der Waals surface area contributed by atoms with Gasteiger partial charge in [-0.05, 0) is 18.4 Å². The van der Waals surface area contributed by atoms with Gasteiger partial charge >= 0.3 is 5.97 Å². The van der Waals surface area contributed by atoms with E-state index < -0.39 is 5.97 Å². The second-order valence-corrected chi connectivity index (χ2v) is 6.01. The number of rotatable bonds is 6. The number of ether oxygens (including phenoxy) is 2. The number of methoxy groups -OCH3 is 1. The number of hydrogen-bond donors (Lipinski definition) is 1. The Morgan fingerprint density at radius 3 is 2.91 bits per heavy atom. The second kappa shape index (κ2) is 7.19. The van der Waals surface area contributed by atoms with Crippen LogP contribution in [0.1, 0.15) is 25.0 Å². The average molecular weight is 338 g/mol. The number of aromatic nitrogens is 1. The number of amides is 1. The largest absolute Gasteiger partial charge is 0.495 e. The van der Waals surface area contributed by atoms with Crippen molar-refractivity contribution in [2.24, 2.45) is 0 Å². The number of aryl methyl sites for hydroxylation is 1. The molecular formula is C14H14N2O4S2. The van der Waals surface area contributed by atoms with E-state index in [2.05, 4.69) is 16.9 Å². The number of thiophene rings is 1. The zero-order chi connectivity index (χ0) is 16.1. The number of nitrogens with zero attached hydrogens (tertiary/aromatic N) is 1. The Balaban J connectivity index is 2.12. The van der Waals surface area contributed by atoms with Crippen molar-refractivity contribution in [2.45, 2.75) is 6.92 Å². The Morgan fingerprint density at radius 1 is 1.45 bits per heavy atom. The predicted molar refractivity (Wildman–Crippen MR) is 86.2 cm³/mol. The number of carbonyl (C=O) groups excluding carboxylic acids is 2. The zero-order valence-electron chi connectivity index (χ0n) is 12.0. The van der Waals surface area contributed by atoms with Crippen LogP contribution in [-0.4, -0.2) is 30.6 Å². The fourth-order valence-corrected chi connectivity index (χ4v) is 3.23. The normalized spacial score (nSPS) is 10.1. The third-order valence-electron chi connectivity index (χ3n) is 2.59. The van der Waals surface area contributed by atoms with Gasteiger partial charge in [-0.25, -0.2) is 9.78 Å². The fourth-order valence-electron chi connectivity index (χ4n) is 1.62. The van der Waals surface area contributed by atoms with Gasteiger partial charge < -0.3 is 9.47 Å². The van der Waals surface area contributed by atoms with E-state index in [9.17, 15) is 9.59 Å². The molecule has 0 fully saturated rings. The highest BCUT2D eigenvalue weighted by Gasteiger charge is 2.20. The van der Waals surface area contributed by atoms with Gasteiger partial charge in [-0.15, -0.1) is 11.3 Å². The van der Waals surface area contributed by atoms with Crippen LogP contribution in [0, 0.1) is 6.92 Å². The fraction of sp³-hybridized carbons (Fsp3) is 0.214. The molecule has 0 aliphatic heterocycles. The molecule has 2 heterocycles. The Kier molecular flexibility index (Phi) is 5.29. The summed E-state index contributed by atoms with van der Waals surface area (Å²) in [7, 11) is 1.50. The first kappa shape index (κ1) is 16.2. The van der Waals surface area contributed by atoms with Crippen molar-refractivity contribution < 1.29 is 19.1 Å². The SMILES string of the molecule is C=CCOC(=O)c1sc(NC(=O)c2sccc2OC)nc1C. The van der Waals surface area contributed by atoms with Crippen molar-refractivity contribution in [2.75, 3.05) is 19.0 Å². The molecule has 6 nitrogen and oxygen atoms in total. The van der Waals surface area contributed by atoms with Crippen LogP contribution in [0.5, 0.6) is 5.75 Å². The highest BCUT2D eigenvalue weighted by Crippen LogP contribution is 2.28. The number of anilines is 1. The summed E-state index contributed by atoms with van der Waals surface area (Å²) in [4.78, 5) is 29.0. The molecule has 8 heteroatoms. The maximum Gasteiger partial charge on any atom is 0.350 e. The summed E-state index contributed by atoms with van der Waals surface area (Å²) in [6, 6.07) is 1.71. The van der Waals surface area contributed by atoms with Crippen LogP contribution in [-0.2, 0) is 4.74 Å².